The van der Waals surface area contributed by atoms with Crippen molar-refractivity contribution in [3.63, 3.8) is 0 Å². The first-order chi connectivity index (χ1) is 4.58. The highest BCUT2D eigenvalue weighted by atomic mass is 16.1. The molecule has 0 amide bonds. The van der Waals surface area contributed by atoms with Crippen LogP contribution in [-0.2, 0) is 4.79 Å². The van der Waals surface area contributed by atoms with Gasteiger partial charge in [-0.15, -0.1) is 0 Å². The average molecular weight is 139 g/mol. The Morgan fingerprint density at radius 3 is 2.30 bits per heavy atom. The average Bonchev–Trinajstić information content (AvgIpc) is 2.68. The van der Waals surface area contributed by atoms with Gasteiger partial charge in [0.05, 0.1) is 0 Å². The molecule has 1 unspecified atom stereocenters. The van der Waals surface area contributed by atoms with Gasteiger partial charge >= 0.3 is 0 Å². The predicted octanol–water partition coefficient (Wildman–Crippen LogP) is 2.17. The van der Waals surface area contributed by atoms with E-state index in [-0.39, 0.29) is 5.41 Å². The van der Waals surface area contributed by atoms with Crippen LogP contribution in [0.3, 0.4) is 0 Å². The summed E-state index contributed by atoms with van der Waals surface area (Å²) in [5.41, 5.74) is -0.221. The normalized spacial score (nSPS) is 22.3. The Bertz CT molecular complexity index is 134. The summed E-state index contributed by atoms with van der Waals surface area (Å²) in [6.45, 7) is 6.11. The maximum Gasteiger partial charge on any atom is 0.204 e. The van der Waals surface area contributed by atoms with Gasteiger partial charge in [-0.05, 0) is 24.7 Å². The second kappa shape index (κ2) is 2.37. The summed E-state index contributed by atoms with van der Waals surface area (Å²) in [7, 11) is 0. The van der Waals surface area contributed by atoms with Crippen molar-refractivity contribution in [3.8, 4) is 0 Å². The molecule has 0 heterocycles. The Morgan fingerprint density at radius 2 is 2.00 bits per heavy atom. The molecule has 1 saturated carbocycles. The highest BCUT2D eigenvalue weighted by Gasteiger charge is 2.38. The Hall–Kier alpha value is -0.330. The summed E-state index contributed by atoms with van der Waals surface area (Å²) in [4.78, 5) is 10.5. The second-order valence-electron chi connectivity index (χ2n) is 3.95. The van der Waals surface area contributed by atoms with Crippen LogP contribution in [0, 0.1) is 17.3 Å². The Morgan fingerprint density at radius 1 is 1.50 bits per heavy atom. The molecule has 10 heavy (non-hydrogen) atoms. The van der Waals surface area contributed by atoms with E-state index in [1.54, 1.807) is 0 Å². The fourth-order valence-corrected chi connectivity index (χ4v) is 1.28. The SMILES string of the molecule is CC(C1CC1)C(C)(C)[C]=O. The fourth-order valence-electron chi connectivity index (χ4n) is 1.28. The minimum atomic E-state index is -0.221. The molecule has 0 aliphatic heterocycles. The highest BCUT2D eigenvalue weighted by molar-refractivity contribution is 5.59. The first kappa shape index (κ1) is 7.77. The molecule has 0 aromatic rings. The molecule has 0 bridgehead atoms. The van der Waals surface area contributed by atoms with E-state index in [2.05, 4.69) is 13.2 Å². The van der Waals surface area contributed by atoms with E-state index in [1.165, 1.54) is 12.8 Å². The van der Waals surface area contributed by atoms with Gasteiger partial charge < -0.3 is 0 Å². The van der Waals surface area contributed by atoms with Gasteiger partial charge in [-0.2, -0.15) is 0 Å². The van der Waals surface area contributed by atoms with E-state index >= 15 is 0 Å². The third kappa shape index (κ3) is 1.39. The summed E-state index contributed by atoms with van der Waals surface area (Å²) in [6, 6.07) is 0. The molecule has 57 valence electrons. The van der Waals surface area contributed by atoms with Crippen LogP contribution in [0.1, 0.15) is 33.6 Å². The number of hydrogen-bond acceptors (Lipinski definition) is 1. The third-order valence-electron chi connectivity index (χ3n) is 2.73. The summed E-state index contributed by atoms with van der Waals surface area (Å²) in [5, 5.41) is 0. The molecule has 1 nitrogen and oxygen atoms in total. The first-order valence-electron chi connectivity index (χ1n) is 3.97. The van der Waals surface area contributed by atoms with Crippen molar-refractivity contribution >= 4 is 6.29 Å². The van der Waals surface area contributed by atoms with Crippen molar-refractivity contribution in [2.75, 3.05) is 0 Å². The summed E-state index contributed by atoms with van der Waals surface area (Å²) in [5.74, 6) is 1.32. The van der Waals surface area contributed by atoms with Crippen LogP contribution in [0.25, 0.3) is 0 Å². The maximum absolute atomic E-state index is 10.5. The lowest BCUT2D eigenvalue weighted by Gasteiger charge is -2.24. The van der Waals surface area contributed by atoms with E-state index in [1.807, 2.05) is 13.8 Å². The van der Waals surface area contributed by atoms with Gasteiger partial charge in [-0.3, -0.25) is 4.79 Å². The van der Waals surface area contributed by atoms with Gasteiger partial charge in [-0.25, -0.2) is 0 Å². The molecule has 1 radical (unpaired) electrons. The van der Waals surface area contributed by atoms with Crippen LogP contribution in [0.15, 0.2) is 0 Å². The molecule has 0 N–H and O–H groups in total. The predicted molar refractivity (Wildman–Crippen MR) is 41.4 cm³/mol. The van der Waals surface area contributed by atoms with Crippen LogP contribution in [0.4, 0.5) is 0 Å². The molecule has 1 atom stereocenters. The van der Waals surface area contributed by atoms with Crippen molar-refractivity contribution in [2.45, 2.75) is 33.6 Å². The topological polar surface area (TPSA) is 17.1 Å². The fraction of sp³-hybridized carbons (Fsp3) is 0.889. The van der Waals surface area contributed by atoms with Crippen LogP contribution < -0.4 is 0 Å². The molecule has 0 aromatic heterocycles. The van der Waals surface area contributed by atoms with E-state index in [0.29, 0.717) is 5.92 Å². The van der Waals surface area contributed by atoms with Gasteiger partial charge in [0.1, 0.15) is 0 Å². The van der Waals surface area contributed by atoms with Crippen LogP contribution >= 0.6 is 0 Å². The molecule has 1 rings (SSSR count). The zero-order chi connectivity index (χ0) is 7.78. The number of hydrogen-bond donors (Lipinski definition) is 0. The molecule has 0 aromatic carbocycles. The zero-order valence-electron chi connectivity index (χ0n) is 6.98. The van der Waals surface area contributed by atoms with Gasteiger partial charge in [0.25, 0.3) is 0 Å². The molecular formula is C9H15O. The van der Waals surface area contributed by atoms with Gasteiger partial charge in [-0.1, -0.05) is 20.8 Å². The molecule has 0 saturated heterocycles. The summed E-state index contributed by atoms with van der Waals surface area (Å²) >= 11 is 0. The van der Waals surface area contributed by atoms with E-state index in [0.717, 1.165) is 5.92 Å². The van der Waals surface area contributed by atoms with Crippen LogP contribution in [-0.4, -0.2) is 6.29 Å². The molecule has 1 aliphatic rings. The molecule has 0 spiro atoms. The summed E-state index contributed by atoms with van der Waals surface area (Å²) < 4.78 is 0. The van der Waals surface area contributed by atoms with Crippen molar-refractivity contribution in [1.29, 1.82) is 0 Å². The lowest BCUT2D eigenvalue weighted by molar-refractivity contribution is 0.286. The lowest BCUT2D eigenvalue weighted by Crippen LogP contribution is -2.24. The Kier molecular flexibility index (Phi) is 1.84. The van der Waals surface area contributed by atoms with Crippen molar-refractivity contribution in [3.05, 3.63) is 0 Å². The van der Waals surface area contributed by atoms with Gasteiger partial charge in [0.2, 0.25) is 6.29 Å². The van der Waals surface area contributed by atoms with Gasteiger partial charge in [0.15, 0.2) is 0 Å². The minimum absolute atomic E-state index is 0.221. The van der Waals surface area contributed by atoms with E-state index < -0.39 is 0 Å². The second-order valence-corrected chi connectivity index (χ2v) is 3.95. The van der Waals surface area contributed by atoms with Crippen molar-refractivity contribution in [1.82, 2.24) is 0 Å². The third-order valence-corrected chi connectivity index (χ3v) is 2.73. The highest BCUT2D eigenvalue weighted by Crippen LogP contribution is 2.44. The number of rotatable bonds is 3. The largest absolute Gasteiger partial charge is 0.290 e. The van der Waals surface area contributed by atoms with Crippen molar-refractivity contribution in [2.24, 2.45) is 17.3 Å². The molecule has 1 heteroatoms. The van der Waals surface area contributed by atoms with Crippen molar-refractivity contribution < 1.29 is 4.79 Å². The molecular weight excluding hydrogens is 124 g/mol. The quantitative estimate of drug-likeness (QED) is 0.585. The minimum Gasteiger partial charge on any atom is -0.290 e. The molecule has 1 fully saturated rings. The zero-order valence-corrected chi connectivity index (χ0v) is 6.98. The monoisotopic (exact) mass is 139 g/mol. The summed E-state index contributed by atoms with van der Waals surface area (Å²) in [6.07, 6.45) is 4.74. The standard InChI is InChI=1S/C9H15O/c1-7(8-4-5-8)9(2,3)6-10/h7-8H,4-5H2,1-3H3. The Balaban J connectivity index is 2.51. The Labute approximate surface area is 62.8 Å². The van der Waals surface area contributed by atoms with E-state index in [4.69, 9.17) is 0 Å². The van der Waals surface area contributed by atoms with Crippen LogP contribution in [0.5, 0.6) is 0 Å². The van der Waals surface area contributed by atoms with E-state index in [9.17, 15) is 4.79 Å². The van der Waals surface area contributed by atoms with Gasteiger partial charge in [0, 0.05) is 5.41 Å². The smallest absolute Gasteiger partial charge is 0.204 e. The maximum atomic E-state index is 10.5. The van der Waals surface area contributed by atoms with Crippen LogP contribution in [0.2, 0.25) is 0 Å². The first-order valence-corrected chi connectivity index (χ1v) is 3.97. The lowest BCUT2D eigenvalue weighted by atomic mass is 9.78. The molecule has 1 aliphatic carbocycles. The number of carbonyl (C=O) groups excluding carboxylic acids is 1.